The number of anilines is 1. The smallest absolute Gasteiger partial charge is 0.250 e. The molecule has 0 spiro atoms. The number of rotatable bonds is 4. The highest BCUT2D eigenvalue weighted by Crippen LogP contribution is 2.18. The van der Waals surface area contributed by atoms with Crippen LogP contribution in [0.4, 0.5) is 5.95 Å². The Bertz CT molecular complexity index is 797. The van der Waals surface area contributed by atoms with Gasteiger partial charge in [-0.05, 0) is 35.9 Å². The Balaban J connectivity index is 1.48. The zero-order valence-corrected chi connectivity index (χ0v) is 15.1. The van der Waals surface area contributed by atoms with Gasteiger partial charge in [0.15, 0.2) is 0 Å². The topological polar surface area (TPSA) is 63.0 Å². The van der Waals surface area contributed by atoms with E-state index in [0.29, 0.717) is 0 Å². The summed E-state index contributed by atoms with van der Waals surface area (Å²) in [5.41, 5.74) is 5.28. The summed E-state index contributed by atoms with van der Waals surface area (Å²) in [7, 11) is 0. The maximum absolute atomic E-state index is 4.40. The van der Waals surface area contributed by atoms with Crippen molar-refractivity contribution < 1.29 is 0 Å². The molecule has 7 nitrogen and oxygen atoms in total. The van der Waals surface area contributed by atoms with Gasteiger partial charge in [0, 0.05) is 38.1 Å². The van der Waals surface area contributed by atoms with Crippen molar-refractivity contribution >= 4 is 17.3 Å². The second kappa shape index (κ2) is 7.28. The molecule has 0 unspecified atom stereocenters. The first-order valence-corrected chi connectivity index (χ1v) is 9.44. The maximum Gasteiger partial charge on any atom is 0.250 e. The summed E-state index contributed by atoms with van der Waals surface area (Å²) in [5, 5.41) is 14.5. The molecular weight excluding hydrogens is 334 g/mol. The van der Waals surface area contributed by atoms with Crippen molar-refractivity contribution in [2.75, 3.05) is 31.1 Å². The molecule has 1 fully saturated rings. The van der Waals surface area contributed by atoms with Crippen LogP contribution >= 0.6 is 11.3 Å². The maximum atomic E-state index is 4.40. The molecule has 0 N–H and O–H groups in total. The van der Waals surface area contributed by atoms with E-state index < -0.39 is 0 Å². The summed E-state index contributed by atoms with van der Waals surface area (Å²) in [6.45, 7) is 6.92. The van der Waals surface area contributed by atoms with E-state index >= 15 is 0 Å². The van der Waals surface area contributed by atoms with Crippen LogP contribution in [-0.4, -0.2) is 56.3 Å². The fraction of sp³-hybridized carbons (Fsp3) is 0.412. The normalized spacial score (nSPS) is 16.1. The summed E-state index contributed by atoms with van der Waals surface area (Å²) in [5.74, 6) is 0.819. The largest absolute Gasteiger partial charge is 0.338 e. The second-order valence-electron chi connectivity index (χ2n) is 6.32. The van der Waals surface area contributed by atoms with E-state index in [1.165, 1.54) is 5.56 Å². The first-order chi connectivity index (χ1) is 12.3. The molecule has 1 aliphatic heterocycles. The zero-order valence-electron chi connectivity index (χ0n) is 14.2. The van der Waals surface area contributed by atoms with Crippen molar-refractivity contribution in [3.8, 4) is 5.69 Å². The lowest BCUT2D eigenvalue weighted by Crippen LogP contribution is -2.32. The van der Waals surface area contributed by atoms with E-state index in [2.05, 4.69) is 66.9 Å². The standard InChI is InChI=1S/C17H21N7S/c1-14-3-5-16(6-4-14)24-17(19-20-21-24)23-8-2-7-22(9-10-23)11-15-12-25-13-18-15/h3-6,12-13H,2,7-11H2,1H3. The molecule has 3 heterocycles. The lowest BCUT2D eigenvalue weighted by molar-refractivity contribution is 0.282. The fourth-order valence-corrected chi connectivity index (χ4v) is 3.66. The predicted octanol–water partition coefficient (Wildman–Crippen LogP) is 2.14. The average Bonchev–Trinajstić information content (AvgIpc) is 3.25. The first-order valence-electron chi connectivity index (χ1n) is 8.49. The predicted molar refractivity (Wildman–Crippen MR) is 98.1 cm³/mol. The third-order valence-electron chi connectivity index (χ3n) is 4.47. The Hall–Kier alpha value is -2.32. The molecule has 130 valence electrons. The van der Waals surface area contributed by atoms with Crippen LogP contribution in [0.3, 0.4) is 0 Å². The highest BCUT2D eigenvalue weighted by atomic mass is 32.1. The van der Waals surface area contributed by atoms with Crippen molar-refractivity contribution in [2.45, 2.75) is 19.9 Å². The Kier molecular flexibility index (Phi) is 4.71. The number of benzene rings is 1. The lowest BCUT2D eigenvalue weighted by Gasteiger charge is -2.21. The second-order valence-corrected chi connectivity index (χ2v) is 7.04. The van der Waals surface area contributed by atoms with Gasteiger partial charge in [-0.25, -0.2) is 4.98 Å². The zero-order chi connectivity index (χ0) is 17.1. The van der Waals surface area contributed by atoms with Gasteiger partial charge in [0.05, 0.1) is 16.9 Å². The number of nitrogens with zero attached hydrogens (tertiary/aromatic N) is 7. The quantitative estimate of drug-likeness (QED) is 0.714. The average molecular weight is 355 g/mol. The van der Waals surface area contributed by atoms with Crippen molar-refractivity contribution in [1.29, 1.82) is 0 Å². The molecule has 0 aliphatic carbocycles. The summed E-state index contributed by atoms with van der Waals surface area (Å²) in [6, 6.07) is 8.28. The Morgan fingerprint density at radius 1 is 1.08 bits per heavy atom. The van der Waals surface area contributed by atoms with Crippen molar-refractivity contribution in [3.05, 3.63) is 46.4 Å². The van der Waals surface area contributed by atoms with Gasteiger partial charge in [-0.1, -0.05) is 22.8 Å². The molecule has 0 amide bonds. The molecule has 1 saturated heterocycles. The number of aryl methyl sites for hydroxylation is 1. The van der Waals surface area contributed by atoms with Crippen LogP contribution in [0.5, 0.6) is 0 Å². The molecule has 8 heteroatoms. The first kappa shape index (κ1) is 16.2. The van der Waals surface area contributed by atoms with E-state index in [0.717, 1.165) is 56.5 Å². The molecule has 0 bridgehead atoms. The molecule has 0 radical (unpaired) electrons. The van der Waals surface area contributed by atoms with Gasteiger partial charge in [-0.2, -0.15) is 4.68 Å². The van der Waals surface area contributed by atoms with Crippen molar-refractivity contribution in [3.63, 3.8) is 0 Å². The molecular formula is C17H21N7S. The monoisotopic (exact) mass is 355 g/mol. The van der Waals surface area contributed by atoms with Crippen molar-refractivity contribution in [1.82, 2.24) is 30.1 Å². The third kappa shape index (κ3) is 3.69. The number of tetrazole rings is 1. The van der Waals surface area contributed by atoms with Crippen LogP contribution in [0.15, 0.2) is 35.2 Å². The summed E-state index contributed by atoms with van der Waals surface area (Å²) in [6.07, 6.45) is 1.09. The van der Waals surface area contributed by atoms with Crippen LogP contribution in [0.1, 0.15) is 17.7 Å². The summed E-state index contributed by atoms with van der Waals surface area (Å²) in [4.78, 5) is 9.13. The van der Waals surface area contributed by atoms with Crippen LogP contribution in [0.2, 0.25) is 0 Å². The van der Waals surface area contributed by atoms with Crippen LogP contribution < -0.4 is 4.90 Å². The Morgan fingerprint density at radius 2 is 1.96 bits per heavy atom. The van der Waals surface area contributed by atoms with E-state index in [-0.39, 0.29) is 0 Å². The minimum absolute atomic E-state index is 0.819. The van der Waals surface area contributed by atoms with Crippen LogP contribution in [0, 0.1) is 6.92 Å². The van der Waals surface area contributed by atoms with Crippen molar-refractivity contribution in [2.24, 2.45) is 0 Å². The highest BCUT2D eigenvalue weighted by Gasteiger charge is 2.20. The van der Waals surface area contributed by atoms with Gasteiger partial charge in [-0.15, -0.1) is 11.3 Å². The van der Waals surface area contributed by atoms with E-state index in [1.54, 1.807) is 11.3 Å². The molecule has 0 atom stereocenters. The minimum atomic E-state index is 0.819. The molecule has 4 rings (SSSR count). The van der Waals surface area contributed by atoms with Crippen LogP contribution in [-0.2, 0) is 6.54 Å². The Labute approximate surface area is 150 Å². The Morgan fingerprint density at radius 3 is 2.76 bits per heavy atom. The molecule has 0 saturated carbocycles. The molecule has 25 heavy (non-hydrogen) atoms. The fourth-order valence-electron chi connectivity index (χ4n) is 3.11. The summed E-state index contributed by atoms with van der Waals surface area (Å²) >= 11 is 1.65. The van der Waals surface area contributed by atoms with E-state index in [1.807, 2.05) is 10.2 Å². The number of thiazole rings is 1. The minimum Gasteiger partial charge on any atom is -0.338 e. The number of hydrogen-bond donors (Lipinski definition) is 0. The third-order valence-corrected chi connectivity index (χ3v) is 5.11. The number of aromatic nitrogens is 5. The molecule has 3 aromatic rings. The van der Waals surface area contributed by atoms with Gasteiger partial charge in [-0.3, -0.25) is 4.90 Å². The molecule has 1 aromatic carbocycles. The van der Waals surface area contributed by atoms with Gasteiger partial charge < -0.3 is 4.90 Å². The van der Waals surface area contributed by atoms with Gasteiger partial charge in [0.1, 0.15) is 0 Å². The molecule has 2 aromatic heterocycles. The SMILES string of the molecule is Cc1ccc(-n2nnnc2N2CCCN(Cc3cscn3)CC2)cc1. The summed E-state index contributed by atoms with van der Waals surface area (Å²) < 4.78 is 1.83. The highest BCUT2D eigenvalue weighted by molar-refractivity contribution is 7.07. The van der Waals surface area contributed by atoms with Gasteiger partial charge >= 0.3 is 0 Å². The van der Waals surface area contributed by atoms with Gasteiger partial charge in [0.2, 0.25) is 5.95 Å². The number of hydrogen-bond acceptors (Lipinski definition) is 7. The lowest BCUT2D eigenvalue weighted by atomic mass is 10.2. The van der Waals surface area contributed by atoms with E-state index in [4.69, 9.17) is 0 Å². The molecule has 1 aliphatic rings. The van der Waals surface area contributed by atoms with Gasteiger partial charge in [0.25, 0.3) is 0 Å². The van der Waals surface area contributed by atoms with Crippen LogP contribution in [0.25, 0.3) is 5.69 Å². The van der Waals surface area contributed by atoms with E-state index in [9.17, 15) is 0 Å².